The van der Waals surface area contributed by atoms with Crippen molar-refractivity contribution in [2.45, 2.75) is 56.5 Å². The van der Waals surface area contributed by atoms with Crippen LogP contribution in [-0.4, -0.2) is 54.2 Å². The van der Waals surface area contributed by atoms with Crippen molar-refractivity contribution >= 4 is 44.5 Å². The topological polar surface area (TPSA) is 202 Å². The molecule has 14 heteroatoms. The minimum absolute atomic E-state index is 0.123. The van der Waals surface area contributed by atoms with Crippen molar-refractivity contribution in [1.29, 1.82) is 0 Å². The number of aromatic nitrogens is 2. The number of anilines is 1. The number of benzene rings is 4. The van der Waals surface area contributed by atoms with Crippen LogP contribution in [0.2, 0.25) is 0 Å². The number of aryl methyl sites for hydroxylation is 1. The number of carbonyl (C=O) groups excluding carboxylic acids is 2. The van der Waals surface area contributed by atoms with Crippen molar-refractivity contribution in [3.05, 3.63) is 118 Å². The van der Waals surface area contributed by atoms with E-state index in [9.17, 15) is 27.6 Å². The first-order chi connectivity index (χ1) is 25.4. The lowest BCUT2D eigenvalue weighted by molar-refractivity contribution is -0.130. The highest BCUT2D eigenvalue weighted by molar-refractivity contribution is 7.89. The third kappa shape index (κ3) is 9.39. The lowest BCUT2D eigenvalue weighted by atomic mass is 9.81. The maximum absolute atomic E-state index is 13.9. The molecule has 6 rings (SSSR count). The molecule has 0 radical (unpaired) electrons. The van der Waals surface area contributed by atoms with Crippen molar-refractivity contribution in [2.75, 3.05) is 11.9 Å². The van der Waals surface area contributed by atoms with Crippen LogP contribution in [0, 0.1) is 18.8 Å². The van der Waals surface area contributed by atoms with Crippen LogP contribution in [0.25, 0.3) is 22.0 Å². The fraction of sp³-hybridized carbons (Fsp3) is 0.282. The lowest BCUT2D eigenvalue weighted by Crippen LogP contribution is -2.48. The number of nitrogens with one attached hydrogen (secondary N) is 6. The summed E-state index contributed by atoms with van der Waals surface area (Å²) >= 11 is 0. The average molecular weight is 739 g/mol. The van der Waals surface area contributed by atoms with Gasteiger partial charge in [0.25, 0.3) is 5.56 Å². The molecule has 0 unspecified atom stereocenters. The summed E-state index contributed by atoms with van der Waals surface area (Å²) in [5.41, 5.74) is 4.58. The molecule has 276 valence electrons. The molecule has 1 heterocycles. The molecule has 1 aromatic heterocycles. The molecule has 1 atom stereocenters. The summed E-state index contributed by atoms with van der Waals surface area (Å²) in [7, 11) is -3.82. The molecule has 0 bridgehead atoms. The van der Waals surface area contributed by atoms with Gasteiger partial charge in [-0.05, 0) is 96.7 Å². The molecule has 1 aliphatic rings. The maximum atomic E-state index is 13.9. The molecule has 0 spiro atoms. The molecule has 13 nitrogen and oxygen atoms in total. The minimum atomic E-state index is -3.82. The zero-order valence-electron chi connectivity index (χ0n) is 29.1. The Balaban J connectivity index is 1.21. The van der Waals surface area contributed by atoms with Gasteiger partial charge in [0.1, 0.15) is 6.04 Å². The Morgan fingerprint density at radius 2 is 1.62 bits per heavy atom. The van der Waals surface area contributed by atoms with Gasteiger partial charge < -0.3 is 21.1 Å². The van der Waals surface area contributed by atoms with Gasteiger partial charge in [-0.3, -0.25) is 24.6 Å². The summed E-state index contributed by atoms with van der Waals surface area (Å²) in [5.74, 6) is -0.896. The predicted octanol–water partition coefficient (Wildman–Crippen LogP) is 5.05. The first-order valence-corrected chi connectivity index (χ1v) is 19.0. The number of hydrogen-bond donors (Lipinski definition) is 7. The fourth-order valence-electron chi connectivity index (χ4n) is 6.74. The average Bonchev–Trinajstić information content (AvgIpc) is 3.53. The van der Waals surface area contributed by atoms with Gasteiger partial charge in [-0.25, -0.2) is 17.9 Å². The molecule has 4 aromatic carbocycles. The zero-order valence-corrected chi connectivity index (χ0v) is 30.0. The quantitative estimate of drug-likeness (QED) is 0.0876. The van der Waals surface area contributed by atoms with E-state index in [-0.39, 0.29) is 41.2 Å². The summed E-state index contributed by atoms with van der Waals surface area (Å²) in [5, 5.41) is 23.0. The minimum Gasteiger partial charge on any atom is -0.465 e. The second-order valence-corrected chi connectivity index (χ2v) is 15.3. The van der Waals surface area contributed by atoms with Crippen molar-refractivity contribution in [1.82, 2.24) is 25.6 Å². The Kier molecular flexibility index (Phi) is 11.4. The zero-order chi connectivity index (χ0) is 37.5. The number of H-pyrrole nitrogens is 2. The van der Waals surface area contributed by atoms with Gasteiger partial charge in [0.15, 0.2) is 0 Å². The van der Waals surface area contributed by atoms with E-state index in [2.05, 4.69) is 30.9 Å². The van der Waals surface area contributed by atoms with E-state index >= 15 is 0 Å². The van der Waals surface area contributed by atoms with Crippen LogP contribution in [0.15, 0.2) is 101 Å². The van der Waals surface area contributed by atoms with Crippen molar-refractivity contribution in [3.63, 3.8) is 0 Å². The summed E-state index contributed by atoms with van der Waals surface area (Å²) in [4.78, 5) is 50.5. The van der Waals surface area contributed by atoms with E-state index in [1.807, 2.05) is 61.5 Å². The molecule has 1 aliphatic carbocycles. The predicted molar refractivity (Wildman–Crippen MR) is 202 cm³/mol. The molecule has 5 aromatic rings. The molecule has 7 N–H and O–H groups in total. The van der Waals surface area contributed by atoms with E-state index in [0.717, 1.165) is 22.3 Å². The number of aromatic amines is 2. The van der Waals surface area contributed by atoms with Gasteiger partial charge in [0, 0.05) is 31.1 Å². The number of carbonyl (C=O) groups is 3. The van der Waals surface area contributed by atoms with Gasteiger partial charge in [-0.1, -0.05) is 60.7 Å². The lowest BCUT2D eigenvalue weighted by Gasteiger charge is -2.29. The first-order valence-electron chi connectivity index (χ1n) is 17.5. The number of hydrogen-bond acceptors (Lipinski definition) is 6. The highest BCUT2D eigenvalue weighted by Gasteiger charge is 2.30. The normalized spacial score (nSPS) is 16.5. The Hall–Kier alpha value is -5.73. The molecule has 0 aliphatic heterocycles. The van der Waals surface area contributed by atoms with Crippen LogP contribution in [-0.2, 0) is 32.6 Å². The van der Waals surface area contributed by atoms with Crippen molar-refractivity contribution < 1.29 is 27.9 Å². The molecular formula is C39H42N6O7S. The van der Waals surface area contributed by atoms with Crippen LogP contribution in [0.1, 0.15) is 42.4 Å². The molecule has 0 saturated heterocycles. The Bertz CT molecular complexity index is 2280. The third-order valence-corrected chi connectivity index (χ3v) is 11.1. The van der Waals surface area contributed by atoms with Crippen LogP contribution in [0.3, 0.4) is 0 Å². The SMILES string of the molecule is Cc1ccc(S(=O)(=O)NCc2ccccc2)cc1-c1cccc(C[C@H](NC(=O)[C@H]2CC[C@H](CNC(=O)O)CC2)C(=O)Nc2ccc3c(=O)[nH][nH]c3c2)c1. The van der Waals surface area contributed by atoms with E-state index < -0.39 is 28.1 Å². The molecule has 53 heavy (non-hydrogen) atoms. The van der Waals surface area contributed by atoms with Crippen LogP contribution in [0.4, 0.5) is 10.5 Å². The second-order valence-electron chi connectivity index (χ2n) is 13.5. The van der Waals surface area contributed by atoms with E-state index in [1.54, 1.807) is 36.4 Å². The van der Waals surface area contributed by atoms with Gasteiger partial charge in [-0.2, -0.15) is 0 Å². The van der Waals surface area contributed by atoms with Gasteiger partial charge in [-0.15, -0.1) is 0 Å². The van der Waals surface area contributed by atoms with E-state index in [1.165, 1.54) is 0 Å². The monoisotopic (exact) mass is 738 g/mol. The number of fused-ring (bicyclic) bond motifs is 1. The fourth-order valence-corrected chi connectivity index (χ4v) is 7.79. The largest absolute Gasteiger partial charge is 0.465 e. The Morgan fingerprint density at radius 3 is 2.38 bits per heavy atom. The smallest absolute Gasteiger partial charge is 0.404 e. The van der Waals surface area contributed by atoms with Gasteiger partial charge >= 0.3 is 6.09 Å². The van der Waals surface area contributed by atoms with Crippen LogP contribution < -0.4 is 26.2 Å². The third-order valence-electron chi connectivity index (χ3n) is 9.74. The number of amides is 3. The van der Waals surface area contributed by atoms with Crippen LogP contribution in [0.5, 0.6) is 0 Å². The first kappa shape index (κ1) is 37.0. The highest BCUT2D eigenvalue weighted by Crippen LogP contribution is 2.30. The number of rotatable bonds is 13. The standard InChI is InChI=1S/C39H42N6O7S/c1-24-10-16-31(53(51,52)41-23-25-6-3-2-4-7-25)21-33(24)29-9-5-8-27(18-29)19-35(38(48)42-30-15-17-32-34(20-30)44-45-37(32)47)43-36(46)28-13-11-26(12-14-28)22-40-39(49)50/h2-10,15-18,20-21,26,28,35,40-41H,11-14,19,22-23H2,1H3,(H,42,48)(H,43,46)(H,49,50)(H2,44,45,47)/t26-,28-,35-/m0/s1. The molecule has 3 amide bonds. The Labute approximate surface area is 306 Å². The second kappa shape index (κ2) is 16.3. The number of carboxylic acid groups (broad SMARTS) is 1. The van der Waals surface area contributed by atoms with E-state index in [4.69, 9.17) is 5.11 Å². The molecular weight excluding hydrogens is 697 g/mol. The highest BCUT2D eigenvalue weighted by atomic mass is 32.2. The molecule has 1 saturated carbocycles. The van der Waals surface area contributed by atoms with Crippen molar-refractivity contribution in [2.24, 2.45) is 11.8 Å². The van der Waals surface area contributed by atoms with Gasteiger partial charge in [0.05, 0.1) is 15.8 Å². The number of sulfonamides is 1. The van der Waals surface area contributed by atoms with E-state index in [0.29, 0.717) is 54.4 Å². The van der Waals surface area contributed by atoms with Gasteiger partial charge in [0.2, 0.25) is 21.8 Å². The van der Waals surface area contributed by atoms with Crippen molar-refractivity contribution in [3.8, 4) is 11.1 Å². The summed E-state index contributed by atoms with van der Waals surface area (Å²) in [6.07, 6.45) is 1.57. The molecule has 1 fully saturated rings. The summed E-state index contributed by atoms with van der Waals surface area (Å²) < 4.78 is 29.2. The maximum Gasteiger partial charge on any atom is 0.404 e. The summed E-state index contributed by atoms with van der Waals surface area (Å²) in [6, 6.07) is 25.6. The van der Waals surface area contributed by atoms with Crippen LogP contribution >= 0.6 is 0 Å². The Morgan fingerprint density at radius 1 is 0.868 bits per heavy atom. The summed E-state index contributed by atoms with van der Waals surface area (Å²) in [6.45, 7) is 2.38.